The summed E-state index contributed by atoms with van der Waals surface area (Å²) in [5.74, 6) is 0. The SMILES string of the molecule is OC1CCCCC1OC1CCC(OC2CCCCC2O)C1. The van der Waals surface area contributed by atoms with Gasteiger partial charge in [0.05, 0.1) is 36.6 Å². The van der Waals surface area contributed by atoms with E-state index in [1.807, 2.05) is 0 Å². The summed E-state index contributed by atoms with van der Waals surface area (Å²) in [4.78, 5) is 0. The molecule has 0 heterocycles. The Morgan fingerprint density at radius 3 is 1.43 bits per heavy atom. The molecule has 4 heteroatoms. The van der Waals surface area contributed by atoms with Crippen LogP contribution in [0.3, 0.4) is 0 Å². The van der Waals surface area contributed by atoms with Gasteiger partial charge in [0.25, 0.3) is 0 Å². The predicted molar refractivity (Wildman–Crippen MR) is 80.1 cm³/mol. The number of ether oxygens (including phenoxy) is 2. The van der Waals surface area contributed by atoms with Crippen molar-refractivity contribution in [1.82, 2.24) is 0 Å². The van der Waals surface area contributed by atoms with E-state index < -0.39 is 0 Å². The van der Waals surface area contributed by atoms with Crippen molar-refractivity contribution in [2.75, 3.05) is 0 Å². The van der Waals surface area contributed by atoms with Gasteiger partial charge in [0.15, 0.2) is 0 Å². The Morgan fingerprint density at radius 1 is 0.571 bits per heavy atom. The molecule has 3 fully saturated rings. The molecule has 21 heavy (non-hydrogen) atoms. The molecule has 3 aliphatic carbocycles. The monoisotopic (exact) mass is 298 g/mol. The normalized spacial score (nSPS) is 44.9. The fourth-order valence-electron chi connectivity index (χ4n) is 4.11. The van der Waals surface area contributed by atoms with Gasteiger partial charge in [-0.25, -0.2) is 0 Å². The Hall–Kier alpha value is -0.160. The first-order valence-electron chi connectivity index (χ1n) is 8.89. The highest BCUT2D eigenvalue weighted by Crippen LogP contribution is 2.32. The van der Waals surface area contributed by atoms with Crippen LogP contribution in [0.15, 0.2) is 0 Å². The first-order valence-corrected chi connectivity index (χ1v) is 8.89. The van der Waals surface area contributed by atoms with Crippen LogP contribution in [0.1, 0.15) is 70.6 Å². The number of hydrogen-bond donors (Lipinski definition) is 2. The molecule has 0 aliphatic heterocycles. The summed E-state index contributed by atoms with van der Waals surface area (Å²) >= 11 is 0. The largest absolute Gasteiger partial charge is 0.390 e. The van der Waals surface area contributed by atoms with Crippen molar-refractivity contribution in [3.05, 3.63) is 0 Å². The van der Waals surface area contributed by atoms with E-state index in [0.29, 0.717) is 0 Å². The minimum atomic E-state index is -0.279. The molecule has 0 spiro atoms. The van der Waals surface area contributed by atoms with Gasteiger partial charge in [-0.3, -0.25) is 0 Å². The Labute approximate surface area is 127 Å². The summed E-state index contributed by atoms with van der Waals surface area (Å²) < 4.78 is 12.2. The number of aliphatic hydroxyl groups is 2. The summed E-state index contributed by atoms with van der Waals surface area (Å²) in [5.41, 5.74) is 0. The lowest BCUT2D eigenvalue weighted by Gasteiger charge is -2.31. The Balaban J connectivity index is 1.42. The summed E-state index contributed by atoms with van der Waals surface area (Å²) in [6.07, 6.45) is 11.3. The minimum Gasteiger partial charge on any atom is -0.390 e. The minimum absolute atomic E-state index is 0.0303. The third-order valence-electron chi connectivity index (χ3n) is 5.41. The van der Waals surface area contributed by atoms with Gasteiger partial charge >= 0.3 is 0 Å². The van der Waals surface area contributed by atoms with Gasteiger partial charge in [0.1, 0.15) is 0 Å². The second kappa shape index (κ2) is 7.40. The summed E-state index contributed by atoms with van der Waals surface area (Å²) in [6.45, 7) is 0. The lowest BCUT2D eigenvalue weighted by molar-refractivity contribution is -0.111. The topological polar surface area (TPSA) is 58.9 Å². The molecule has 0 bridgehead atoms. The quantitative estimate of drug-likeness (QED) is 0.837. The summed E-state index contributed by atoms with van der Waals surface area (Å²) in [7, 11) is 0. The van der Waals surface area contributed by atoms with E-state index in [9.17, 15) is 10.2 Å². The van der Waals surface area contributed by atoms with Gasteiger partial charge in [-0.15, -0.1) is 0 Å². The van der Waals surface area contributed by atoms with Gasteiger partial charge < -0.3 is 19.7 Å². The number of hydrogen-bond acceptors (Lipinski definition) is 4. The first-order chi connectivity index (χ1) is 10.2. The zero-order valence-electron chi connectivity index (χ0n) is 13.0. The van der Waals surface area contributed by atoms with Crippen LogP contribution in [-0.2, 0) is 9.47 Å². The van der Waals surface area contributed by atoms with Gasteiger partial charge in [0, 0.05) is 0 Å². The van der Waals surface area contributed by atoms with E-state index in [-0.39, 0.29) is 36.6 Å². The van der Waals surface area contributed by atoms with Crippen LogP contribution in [0.4, 0.5) is 0 Å². The molecule has 3 aliphatic rings. The van der Waals surface area contributed by atoms with Crippen LogP contribution in [0.5, 0.6) is 0 Å². The molecule has 0 radical (unpaired) electrons. The average Bonchev–Trinajstić information content (AvgIpc) is 2.91. The van der Waals surface area contributed by atoms with E-state index in [0.717, 1.165) is 57.8 Å². The average molecular weight is 298 g/mol. The zero-order chi connectivity index (χ0) is 14.7. The van der Waals surface area contributed by atoms with E-state index in [1.165, 1.54) is 12.8 Å². The maximum atomic E-state index is 10.0. The molecule has 2 N–H and O–H groups in total. The van der Waals surface area contributed by atoms with Crippen molar-refractivity contribution in [2.24, 2.45) is 0 Å². The molecular formula is C17H30O4. The highest BCUT2D eigenvalue weighted by molar-refractivity contribution is 4.84. The second-order valence-electron chi connectivity index (χ2n) is 7.11. The maximum Gasteiger partial charge on any atom is 0.0837 e. The van der Waals surface area contributed by atoms with Crippen molar-refractivity contribution in [3.8, 4) is 0 Å². The summed E-state index contributed by atoms with van der Waals surface area (Å²) in [6, 6.07) is 0. The maximum absolute atomic E-state index is 10.0. The Morgan fingerprint density at radius 2 is 1.00 bits per heavy atom. The lowest BCUT2D eigenvalue weighted by atomic mass is 9.94. The van der Waals surface area contributed by atoms with Gasteiger partial charge in [0.2, 0.25) is 0 Å². The number of aliphatic hydroxyl groups excluding tert-OH is 2. The highest BCUT2D eigenvalue weighted by Gasteiger charge is 2.34. The fraction of sp³-hybridized carbons (Fsp3) is 1.00. The second-order valence-corrected chi connectivity index (χ2v) is 7.11. The third-order valence-corrected chi connectivity index (χ3v) is 5.41. The molecule has 0 aromatic carbocycles. The molecule has 122 valence electrons. The smallest absolute Gasteiger partial charge is 0.0837 e. The lowest BCUT2D eigenvalue weighted by Crippen LogP contribution is -2.36. The van der Waals surface area contributed by atoms with Crippen molar-refractivity contribution in [1.29, 1.82) is 0 Å². The van der Waals surface area contributed by atoms with E-state index in [2.05, 4.69) is 0 Å². The van der Waals surface area contributed by atoms with Crippen molar-refractivity contribution < 1.29 is 19.7 Å². The molecule has 3 saturated carbocycles. The predicted octanol–water partition coefficient (Wildman–Crippen LogP) is 2.55. The van der Waals surface area contributed by atoms with Gasteiger partial charge in [-0.2, -0.15) is 0 Å². The van der Waals surface area contributed by atoms with Crippen molar-refractivity contribution in [2.45, 2.75) is 107 Å². The molecule has 3 rings (SSSR count). The van der Waals surface area contributed by atoms with Gasteiger partial charge in [-0.1, -0.05) is 25.7 Å². The molecule has 6 atom stereocenters. The van der Waals surface area contributed by atoms with Crippen LogP contribution in [-0.4, -0.2) is 46.8 Å². The van der Waals surface area contributed by atoms with Crippen LogP contribution in [0, 0.1) is 0 Å². The van der Waals surface area contributed by atoms with E-state index >= 15 is 0 Å². The first kappa shape index (κ1) is 15.7. The van der Waals surface area contributed by atoms with Crippen LogP contribution < -0.4 is 0 Å². The molecule has 4 nitrogen and oxygen atoms in total. The fourth-order valence-corrected chi connectivity index (χ4v) is 4.11. The Bertz CT molecular complexity index is 292. The molecule has 0 amide bonds. The molecule has 6 unspecified atom stereocenters. The standard InChI is InChI=1S/C17H30O4/c18-14-5-1-3-7-16(14)20-12-9-10-13(11-12)21-17-8-4-2-6-15(17)19/h12-19H,1-11H2. The number of rotatable bonds is 4. The molecular weight excluding hydrogens is 268 g/mol. The van der Waals surface area contributed by atoms with Crippen molar-refractivity contribution >= 4 is 0 Å². The van der Waals surface area contributed by atoms with E-state index in [1.54, 1.807) is 0 Å². The van der Waals surface area contributed by atoms with E-state index in [4.69, 9.17) is 9.47 Å². The van der Waals surface area contributed by atoms with Crippen LogP contribution in [0.25, 0.3) is 0 Å². The molecule has 0 saturated heterocycles. The zero-order valence-corrected chi connectivity index (χ0v) is 13.0. The third kappa shape index (κ3) is 4.19. The van der Waals surface area contributed by atoms with Crippen LogP contribution >= 0.6 is 0 Å². The Kier molecular flexibility index (Phi) is 5.54. The summed E-state index contributed by atoms with van der Waals surface area (Å²) in [5, 5.41) is 20.0. The van der Waals surface area contributed by atoms with Gasteiger partial charge in [-0.05, 0) is 44.9 Å². The molecule has 0 aromatic heterocycles. The highest BCUT2D eigenvalue weighted by atomic mass is 16.5. The van der Waals surface area contributed by atoms with Crippen molar-refractivity contribution in [3.63, 3.8) is 0 Å². The van der Waals surface area contributed by atoms with Crippen LogP contribution in [0.2, 0.25) is 0 Å². The molecule has 0 aromatic rings.